The monoisotopic (exact) mass is 303 g/mol. The van der Waals surface area contributed by atoms with Crippen LogP contribution in [-0.2, 0) is 0 Å². The van der Waals surface area contributed by atoms with Crippen LogP contribution in [0.5, 0.6) is 11.5 Å². The van der Waals surface area contributed by atoms with Crippen LogP contribution in [0.4, 0.5) is 0 Å². The van der Waals surface area contributed by atoms with Crippen LogP contribution >= 0.6 is 11.6 Å². The van der Waals surface area contributed by atoms with Crippen molar-refractivity contribution < 1.29 is 4.74 Å². The summed E-state index contributed by atoms with van der Waals surface area (Å²) in [6, 6.07) is 10.4. The third-order valence-electron chi connectivity index (χ3n) is 3.87. The summed E-state index contributed by atoms with van der Waals surface area (Å²) in [5.41, 5.74) is 4.70. The largest absolute Gasteiger partial charge is 0.456 e. The van der Waals surface area contributed by atoms with Crippen LogP contribution in [0.3, 0.4) is 0 Å². The fourth-order valence-electron chi connectivity index (χ4n) is 2.26. The minimum Gasteiger partial charge on any atom is -0.456 e. The summed E-state index contributed by atoms with van der Waals surface area (Å²) in [6.45, 7) is 8.32. The molecule has 21 heavy (non-hydrogen) atoms. The van der Waals surface area contributed by atoms with E-state index in [4.69, 9.17) is 16.3 Å². The average Bonchev–Trinajstić information content (AvgIpc) is 2.45. The second-order valence-electron chi connectivity index (χ2n) is 5.51. The lowest BCUT2D eigenvalue weighted by Gasteiger charge is -2.15. The fourth-order valence-corrected chi connectivity index (χ4v) is 2.49. The van der Waals surface area contributed by atoms with Gasteiger partial charge in [-0.1, -0.05) is 23.7 Å². The van der Waals surface area contributed by atoms with Crippen molar-refractivity contribution in [2.45, 2.75) is 33.7 Å². The molecule has 0 aliphatic rings. The average molecular weight is 304 g/mol. The Morgan fingerprint density at radius 1 is 1.05 bits per heavy atom. The summed E-state index contributed by atoms with van der Waals surface area (Å²) in [6.07, 6.45) is 0. The molecule has 1 unspecified atom stereocenters. The van der Waals surface area contributed by atoms with Crippen molar-refractivity contribution in [2.24, 2.45) is 0 Å². The third-order valence-corrected chi connectivity index (χ3v) is 4.17. The maximum Gasteiger partial charge on any atom is 0.146 e. The van der Waals surface area contributed by atoms with Gasteiger partial charge in [-0.15, -0.1) is 0 Å². The van der Waals surface area contributed by atoms with Crippen molar-refractivity contribution in [2.75, 3.05) is 7.05 Å². The van der Waals surface area contributed by atoms with Crippen LogP contribution in [-0.4, -0.2) is 7.05 Å². The van der Waals surface area contributed by atoms with E-state index in [0.717, 1.165) is 16.9 Å². The maximum absolute atomic E-state index is 6.36. The highest BCUT2D eigenvalue weighted by Gasteiger charge is 2.10. The van der Waals surface area contributed by atoms with Crippen molar-refractivity contribution in [1.29, 1.82) is 0 Å². The number of hydrogen-bond donors (Lipinski definition) is 1. The Labute approximate surface area is 132 Å². The molecule has 3 heteroatoms. The van der Waals surface area contributed by atoms with Gasteiger partial charge in [0.15, 0.2) is 0 Å². The second-order valence-corrected chi connectivity index (χ2v) is 5.91. The van der Waals surface area contributed by atoms with Crippen LogP contribution < -0.4 is 10.1 Å². The van der Waals surface area contributed by atoms with Crippen LogP contribution in [0.25, 0.3) is 0 Å². The highest BCUT2D eigenvalue weighted by Crippen LogP contribution is 2.34. The first kappa shape index (κ1) is 15.9. The van der Waals surface area contributed by atoms with E-state index in [1.54, 1.807) is 0 Å². The van der Waals surface area contributed by atoms with Gasteiger partial charge in [0.1, 0.15) is 11.5 Å². The fraction of sp³-hybridized carbons (Fsp3) is 0.333. The zero-order chi connectivity index (χ0) is 15.6. The second kappa shape index (κ2) is 6.50. The predicted molar refractivity (Wildman–Crippen MR) is 89.7 cm³/mol. The quantitative estimate of drug-likeness (QED) is 0.823. The minimum absolute atomic E-state index is 0.263. The number of aryl methyl sites for hydroxylation is 2. The van der Waals surface area contributed by atoms with Crippen molar-refractivity contribution in [3.05, 3.63) is 57.6 Å². The van der Waals surface area contributed by atoms with Gasteiger partial charge in [-0.25, -0.2) is 0 Å². The van der Waals surface area contributed by atoms with E-state index in [1.807, 2.05) is 31.3 Å². The van der Waals surface area contributed by atoms with Gasteiger partial charge < -0.3 is 10.1 Å². The van der Waals surface area contributed by atoms with Crippen molar-refractivity contribution >= 4 is 11.6 Å². The van der Waals surface area contributed by atoms with Crippen molar-refractivity contribution in [3.8, 4) is 11.5 Å². The van der Waals surface area contributed by atoms with Gasteiger partial charge in [0.05, 0.1) is 5.02 Å². The molecule has 2 nitrogen and oxygen atoms in total. The highest BCUT2D eigenvalue weighted by atomic mass is 35.5. The Morgan fingerprint density at radius 3 is 2.38 bits per heavy atom. The molecule has 0 aliphatic carbocycles. The molecule has 0 radical (unpaired) electrons. The van der Waals surface area contributed by atoms with Gasteiger partial charge in [-0.05, 0) is 75.2 Å². The molecule has 0 amide bonds. The van der Waals surface area contributed by atoms with Crippen molar-refractivity contribution in [1.82, 2.24) is 5.32 Å². The van der Waals surface area contributed by atoms with E-state index in [0.29, 0.717) is 10.8 Å². The lowest BCUT2D eigenvalue weighted by molar-refractivity contribution is 0.477. The number of hydrogen-bond acceptors (Lipinski definition) is 2. The van der Waals surface area contributed by atoms with Gasteiger partial charge in [0.25, 0.3) is 0 Å². The molecule has 0 saturated carbocycles. The molecule has 112 valence electrons. The molecule has 2 aromatic rings. The number of benzene rings is 2. The lowest BCUT2D eigenvalue weighted by atomic mass is 10.1. The van der Waals surface area contributed by atoms with E-state index in [-0.39, 0.29) is 6.04 Å². The normalized spacial score (nSPS) is 12.3. The van der Waals surface area contributed by atoms with Gasteiger partial charge in [0.2, 0.25) is 0 Å². The molecule has 0 spiro atoms. The molecule has 0 fully saturated rings. The molecule has 2 rings (SSSR count). The molecule has 0 aromatic heterocycles. The summed E-state index contributed by atoms with van der Waals surface area (Å²) in [7, 11) is 1.93. The Balaban J connectivity index is 2.32. The van der Waals surface area contributed by atoms with Gasteiger partial charge in [-0.2, -0.15) is 0 Å². The Hall–Kier alpha value is -1.51. The molecule has 0 bridgehead atoms. The van der Waals surface area contributed by atoms with E-state index < -0.39 is 0 Å². The molecule has 0 heterocycles. The number of rotatable bonds is 4. The molecule has 0 saturated heterocycles. The SMILES string of the molecule is CNC(C)c1ccc(Oc2cc(C)cc(C)c2C)c(Cl)c1. The van der Waals surface area contributed by atoms with Crippen molar-refractivity contribution in [3.63, 3.8) is 0 Å². The first-order valence-corrected chi connectivity index (χ1v) is 7.52. The van der Waals surface area contributed by atoms with Crippen LogP contribution in [0.2, 0.25) is 5.02 Å². The molecule has 2 aromatic carbocycles. The maximum atomic E-state index is 6.36. The summed E-state index contributed by atoms with van der Waals surface area (Å²) >= 11 is 6.36. The van der Waals surface area contributed by atoms with Gasteiger partial charge in [0, 0.05) is 6.04 Å². The topological polar surface area (TPSA) is 21.3 Å². The standard InChI is InChI=1S/C18H22ClNO/c1-11-8-12(2)13(3)18(9-11)21-17-7-6-15(10-16(17)19)14(4)20-5/h6-10,14,20H,1-5H3. The lowest BCUT2D eigenvalue weighted by Crippen LogP contribution is -2.12. The summed E-state index contributed by atoms with van der Waals surface area (Å²) in [5.74, 6) is 1.56. The predicted octanol–water partition coefficient (Wildman–Crippen LogP) is 5.34. The van der Waals surface area contributed by atoms with E-state index in [1.165, 1.54) is 11.1 Å². The molecule has 1 N–H and O–H groups in total. The summed E-state index contributed by atoms with van der Waals surface area (Å²) < 4.78 is 6.02. The number of nitrogens with one attached hydrogen (secondary N) is 1. The van der Waals surface area contributed by atoms with E-state index in [9.17, 15) is 0 Å². The molecule has 0 aliphatic heterocycles. The van der Waals surface area contributed by atoms with Gasteiger partial charge in [-0.3, -0.25) is 0 Å². The zero-order valence-electron chi connectivity index (χ0n) is 13.3. The van der Waals surface area contributed by atoms with Gasteiger partial charge >= 0.3 is 0 Å². The number of halogens is 1. The Kier molecular flexibility index (Phi) is 4.92. The first-order chi connectivity index (χ1) is 9.92. The third kappa shape index (κ3) is 3.58. The number of ether oxygens (including phenoxy) is 1. The van der Waals surface area contributed by atoms with Crippen LogP contribution in [0.15, 0.2) is 30.3 Å². The molecular formula is C18H22ClNO. The van der Waals surface area contributed by atoms with E-state index in [2.05, 4.69) is 39.1 Å². The Morgan fingerprint density at radius 2 is 1.76 bits per heavy atom. The minimum atomic E-state index is 0.263. The summed E-state index contributed by atoms with van der Waals surface area (Å²) in [4.78, 5) is 0. The Bertz CT molecular complexity index is 652. The summed E-state index contributed by atoms with van der Waals surface area (Å²) in [5, 5.41) is 3.83. The van der Waals surface area contributed by atoms with Crippen LogP contribution in [0.1, 0.15) is 35.2 Å². The molecular weight excluding hydrogens is 282 g/mol. The molecule has 1 atom stereocenters. The first-order valence-electron chi connectivity index (χ1n) is 7.14. The zero-order valence-corrected chi connectivity index (χ0v) is 14.0. The van der Waals surface area contributed by atoms with E-state index >= 15 is 0 Å². The van der Waals surface area contributed by atoms with Crippen LogP contribution in [0, 0.1) is 20.8 Å². The highest BCUT2D eigenvalue weighted by molar-refractivity contribution is 6.32. The smallest absolute Gasteiger partial charge is 0.146 e.